The number of hydrogen-bond donors (Lipinski definition) is 0. The average Bonchev–Trinajstić information content (AvgIpc) is 3.17. The van der Waals surface area contributed by atoms with Crippen LogP contribution in [0.5, 0.6) is 0 Å². The van der Waals surface area contributed by atoms with Gasteiger partial charge in [0.2, 0.25) is 0 Å². The third-order valence-electron chi connectivity index (χ3n) is 5.80. The molecule has 0 aromatic carbocycles. The molecule has 3 aliphatic rings. The summed E-state index contributed by atoms with van der Waals surface area (Å²) < 4.78 is 1.87. The van der Waals surface area contributed by atoms with Crippen LogP contribution in [0.2, 0.25) is 0 Å². The Labute approximate surface area is 120 Å². The van der Waals surface area contributed by atoms with E-state index >= 15 is 0 Å². The first-order chi connectivity index (χ1) is 9.63. The Bertz CT molecular complexity index is 518. The van der Waals surface area contributed by atoms with Gasteiger partial charge in [0.15, 0.2) is 0 Å². The van der Waals surface area contributed by atoms with Crippen LogP contribution < -0.4 is 0 Å². The fourth-order valence-corrected chi connectivity index (χ4v) is 4.76. The van der Waals surface area contributed by atoms with E-state index < -0.39 is 0 Å². The standard InChI is InChI=1S/C16H23N3O/c1-10(2)19-7-13(6-17-19)16(20)18-8-14-11-3-4-12(5-11)15(14)9-18/h6-7,10-12,14-15H,3-5,8-9H2,1-2H3/t11-,12+,14-,15+. The summed E-state index contributed by atoms with van der Waals surface area (Å²) in [6.07, 6.45) is 7.86. The highest BCUT2D eigenvalue weighted by Crippen LogP contribution is 2.55. The summed E-state index contributed by atoms with van der Waals surface area (Å²) in [5.41, 5.74) is 0.756. The number of fused-ring (bicyclic) bond motifs is 5. The van der Waals surface area contributed by atoms with Gasteiger partial charge in [-0.3, -0.25) is 9.48 Å². The smallest absolute Gasteiger partial charge is 0.257 e. The molecule has 1 amide bonds. The summed E-state index contributed by atoms with van der Waals surface area (Å²) in [4.78, 5) is 14.7. The molecule has 0 radical (unpaired) electrons. The van der Waals surface area contributed by atoms with Crippen LogP contribution in [0.25, 0.3) is 0 Å². The van der Waals surface area contributed by atoms with Gasteiger partial charge < -0.3 is 4.90 Å². The summed E-state index contributed by atoms with van der Waals surface area (Å²) in [5.74, 6) is 3.57. The molecule has 2 heterocycles. The molecule has 20 heavy (non-hydrogen) atoms. The summed E-state index contributed by atoms with van der Waals surface area (Å²) in [7, 11) is 0. The number of aromatic nitrogens is 2. The second-order valence-corrected chi connectivity index (χ2v) is 7.17. The maximum absolute atomic E-state index is 12.6. The van der Waals surface area contributed by atoms with Crippen molar-refractivity contribution in [3.63, 3.8) is 0 Å². The highest BCUT2D eigenvalue weighted by Gasteiger charge is 2.52. The second kappa shape index (κ2) is 4.34. The monoisotopic (exact) mass is 273 g/mol. The molecule has 2 saturated carbocycles. The van der Waals surface area contributed by atoms with E-state index in [0.717, 1.165) is 42.3 Å². The number of likely N-dealkylation sites (tertiary alicyclic amines) is 1. The predicted molar refractivity (Wildman–Crippen MR) is 76.3 cm³/mol. The molecule has 0 unspecified atom stereocenters. The van der Waals surface area contributed by atoms with Gasteiger partial charge in [0.25, 0.3) is 5.91 Å². The van der Waals surface area contributed by atoms with Gasteiger partial charge >= 0.3 is 0 Å². The van der Waals surface area contributed by atoms with Crippen molar-refractivity contribution in [1.82, 2.24) is 14.7 Å². The van der Waals surface area contributed by atoms with Gasteiger partial charge in [0, 0.05) is 25.3 Å². The second-order valence-electron chi connectivity index (χ2n) is 7.17. The zero-order valence-electron chi connectivity index (χ0n) is 12.3. The van der Waals surface area contributed by atoms with E-state index in [2.05, 4.69) is 23.8 Å². The maximum Gasteiger partial charge on any atom is 0.257 e. The molecule has 3 fully saturated rings. The molecule has 2 bridgehead atoms. The van der Waals surface area contributed by atoms with E-state index in [4.69, 9.17) is 0 Å². The molecule has 1 saturated heterocycles. The van der Waals surface area contributed by atoms with Crippen LogP contribution in [0.15, 0.2) is 12.4 Å². The zero-order valence-corrected chi connectivity index (χ0v) is 12.3. The third kappa shape index (κ3) is 1.73. The van der Waals surface area contributed by atoms with Gasteiger partial charge in [-0.05, 0) is 56.8 Å². The van der Waals surface area contributed by atoms with E-state index in [1.807, 2.05) is 10.9 Å². The largest absolute Gasteiger partial charge is 0.338 e. The maximum atomic E-state index is 12.6. The van der Waals surface area contributed by atoms with Crippen molar-refractivity contribution in [2.24, 2.45) is 23.7 Å². The minimum atomic E-state index is 0.186. The van der Waals surface area contributed by atoms with Gasteiger partial charge in [0.05, 0.1) is 11.8 Å². The van der Waals surface area contributed by atoms with Crippen LogP contribution in [0.3, 0.4) is 0 Å². The van der Waals surface area contributed by atoms with Crippen molar-refractivity contribution in [3.05, 3.63) is 18.0 Å². The summed E-state index contributed by atoms with van der Waals surface area (Å²) in [6, 6.07) is 0.311. The van der Waals surface area contributed by atoms with E-state index in [-0.39, 0.29) is 5.91 Å². The van der Waals surface area contributed by atoms with Crippen LogP contribution in [0.1, 0.15) is 49.5 Å². The molecule has 0 N–H and O–H groups in total. The van der Waals surface area contributed by atoms with E-state index in [9.17, 15) is 4.79 Å². The van der Waals surface area contributed by atoms with E-state index in [1.165, 1.54) is 19.3 Å². The van der Waals surface area contributed by atoms with Crippen molar-refractivity contribution in [2.75, 3.05) is 13.1 Å². The number of carbonyl (C=O) groups excluding carboxylic acids is 1. The summed E-state index contributed by atoms with van der Waals surface area (Å²) >= 11 is 0. The lowest BCUT2D eigenvalue weighted by atomic mass is 9.82. The van der Waals surface area contributed by atoms with Gasteiger partial charge in [-0.15, -0.1) is 0 Å². The van der Waals surface area contributed by atoms with Crippen LogP contribution in [0.4, 0.5) is 0 Å². The Hall–Kier alpha value is -1.32. The lowest BCUT2D eigenvalue weighted by Crippen LogP contribution is -2.30. The van der Waals surface area contributed by atoms with Crippen LogP contribution in [-0.4, -0.2) is 33.7 Å². The van der Waals surface area contributed by atoms with Gasteiger partial charge in [0.1, 0.15) is 0 Å². The van der Waals surface area contributed by atoms with E-state index in [0.29, 0.717) is 6.04 Å². The van der Waals surface area contributed by atoms with Crippen molar-refractivity contribution in [2.45, 2.75) is 39.2 Å². The van der Waals surface area contributed by atoms with Crippen molar-refractivity contribution in [1.29, 1.82) is 0 Å². The lowest BCUT2D eigenvalue weighted by Gasteiger charge is -2.22. The van der Waals surface area contributed by atoms with Crippen molar-refractivity contribution in [3.8, 4) is 0 Å². The Kier molecular flexibility index (Phi) is 2.69. The third-order valence-corrected chi connectivity index (χ3v) is 5.80. The SMILES string of the molecule is CC(C)n1cc(C(=O)N2C[C@@H]3[C@@H]4CC[C@@H](C4)[C@@H]3C2)cn1. The first kappa shape index (κ1) is 12.4. The molecule has 1 aromatic rings. The molecule has 4 nitrogen and oxygen atoms in total. The molecular weight excluding hydrogens is 250 g/mol. The number of amides is 1. The number of carbonyl (C=O) groups is 1. The normalized spacial score (nSPS) is 35.0. The number of hydrogen-bond acceptors (Lipinski definition) is 2. The van der Waals surface area contributed by atoms with Crippen molar-refractivity contribution >= 4 is 5.91 Å². The Balaban J connectivity index is 1.50. The fourth-order valence-electron chi connectivity index (χ4n) is 4.76. The molecule has 1 aliphatic heterocycles. The van der Waals surface area contributed by atoms with Crippen molar-refractivity contribution < 1.29 is 4.79 Å². The van der Waals surface area contributed by atoms with E-state index in [1.54, 1.807) is 6.20 Å². The molecule has 108 valence electrons. The quantitative estimate of drug-likeness (QED) is 0.830. The Morgan fingerprint density at radius 3 is 2.45 bits per heavy atom. The van der Waals surface area contributed by atoms with Gasteiger partial charge in [-0.2, -0.15) is 5.10 Å². The molecule has 4 rings (SSSR count). The van der Waals surface area contributed by atoms with Gasteiger partial charge in [-0.25, -0.2) is 0 Å². The fraction of sp³-hybridized carbons (Fsp3) is 0.750. The summed E-state index contributed by atoms with van der Waals surface area (Å²) in [6.45, 7) is 6.13. The highest BCUT2D eigenvalue weighted by atomic mass is 16.2. The molecule has 2 aliphatic carbocycles. The van der Waals surface area contributed by atoms with Crippen LogP contribution in [0, 0.1) is 23.7 Å². The minimum Gasteiger partial charge on any atom is -0.338 e. The zero-order chi connectivity index (χ0) is 13.9. The predicted octanol–water partition coefficient (Wildman–Crippen LogP) is 2.58. The number of rotatable bonds is 2. The molecule has 0 spiro atoms. The number of nitrogens with zero attached hydrogens (tertiary/aromatic N) is 3. The molecular formula is C16H23N3O. The lowest BCUT2D eigenvalue weighted by molar-refractivity contribution is 0.0776. The molecule has 4 heteroatoms. The highest BCUT2D eigenvalue weighted by molar-refractivity contribution is 5.94. The Morgan fingerprint density at radius 2 is 1.90 bits per heavy atom. The topological polar surface area (TPSA) is 38.1 Å². The minimum absolute atomic E-state index is 0.186. The average molecular weight is 273 g/mol. The van der Waals surface area contributed by atoms with Gasteiger partial charge in [-0.1, -0.05) is 0 Å². The molecule has 4 atom stereocenters. The molecule has 1 aromatic heterocycles. The Morgan fingerprint density at radius 1 is 1.25 bits per heavy atom. The van der Waals surface area contributed by atoms with Crippen LogP contribution in [-0.2, 0) is 0 Å². The summed E-state index contributed by atoms with van der Waals surface area (Å²) in [5, 5.41) is 4.29. The van der Waals surface area contributed by atoms with Crippen LogP contribution >= 0.6 is 0 Å². The first-order valence-electron chi connectivity index (χ1n) is 7.97. The first-order valence-corrected chi connectivity index (χ1v) is 7.97.